The molecule has 4 N–H and O–H groups in total. The molecule has 2 bridgehead atoms. The van der Waals surface area contributed by atoms with E-state index >= 15 is 0 Å². The number of H-pyrrole nitrogens is 1. The number of nitrogens with one attached hydrogen (secondary N) is 2. The quantitative estimate of drug-likeness (QED) is 0.613. The van der Waals surface area contributed by atoms with Gasteiger partial charge in [0.05, 0.1) is 18.1 Å². The molecule has 9 nitrogen and oxygen atoms in total. The Hall–Kier alpha value is -2.46. The molecule has 0 aromatic carbocycles. The highest BCUT2D eigenvalue weighted by molar-refractivity contribution is 7.91. The zero-order valence-electron chi connectivity index (χ0n) is 14.9. The third-order valence-corrected chi connectivity index (χ3v) is 6.86. The Balaban J connectivity index is 1.75. The van der Waals surface area contributed by atoms with Gasteiger partial charge in [-0.3, -0.25) is 5.10 Å². The average molecular weight is 387 g/mol. The van der Waals surface area contributed by atoms with E-state index in [1.807, 2.05) is 0 Å². The van der Waals surface area contributed by atoms with Crippen molar-refractivity contribution < 1.29 is 8.42 Å². The molecule has 0 spiro atoms. The van der Waals surface area contributed by atoms with Gasteiger partial charge in [-0.2, -0.15) is 14.7 Å². The molecule has 3 aromatic heterocycles. The first-order valence-corrected chi connectivity index (χ1v) is 10.9. The van der Waals surface area contributed by atoms with Crippen LogP contribution in [0.4, 0.5) is 5.82 Å². The van der Waals surface area contributed by atoms with E-state index in [1.165, 1.54) is 10.8 Å². The Morgan fingerprint density at radius 2 is 1.96 bits per heavy atom. The molecule has 2 saturated heterocycles. The monoisotopic (exact) mass is 387 g/mol. The number of hydrogen-bond acceptors (Lipinski definition) is 7. The summed E-state index contributed by atoms with van der Waals surface area (Å²) in [6, 6.07) is 0.831. The molecule has 0 saturated carbocycles. The first-order chi connectivity index (χ1) is 12.9. The summed E-state index contributed by atoms with van der Waals surface area (Å²) >= 11 is 0. The summed E-state index contributed by atoms with van der Waals surface area (Å²) in [5, 5.41) is 14.6. The zero-order chi connectivity index (χ0) is 18.8. The number of rotatable bonds is 3. The fraction of sp³-hybridized carbons (Fsp3) is 0.471. The second kappa shape index (κ2) is 5.77. The first-order valence-electron chi connectivity index (χ1n) is 9.04. The molecule has 0 amide bonds. The van der Waals surface area contributed by atoms with Crippen LogP contribution in [0.25, 0.3) is 16.8 Å². The maximum Gasteiger partial charge on any atom is 0.180 e. The number of nitrogens with zero attached hydrogens (tertiary/aromatic N) is 4. The van der Waals surface area contributed by atoms with Gasteiger partial charge in [-0.1, -0.05) is 0 Å². The van der Waals surface area contributed by atoms with Crippen LogP contribution in [-0.2, 0) is 9.84 Å². The Kier molecular flexibility index (Phi) is 3.57. The predicted molar refractivity (Wildman–Crippen MR) is 100 cm³/mol. The molecule has 27 heavy (non-hydrogen) atoms. The number of hydrogen-bond donors (Lipinski definition) is 3. The average Bonchev–Trinajstić information content (AvgIpc) is 3.33. The second-order valence-electron chi connectivity index (χ2n) is 7.57. The fourth-order valence-corrected chi connectivity index (χ4v) is 5.62. The highest BCUT2D eigenvalue weighted by Crippen LogP contribution is 2.41. The van der Waals surface area contributed by atoms with E-state index in [1.54, 1.807) is 18.6 Å². The molecule has 2 unspecified atom stereocenters. The molecule has 2 aliphatic rings. The summed E-state index contributed by atoms with van der Waals surface area (Å²) in [6.07, 6.45) is 10.3. The van der Waals surface area contributed by atoms with Gasteiger partial charge < -0.3 is 11.1 Å². The molecule has 2 atom stereocenters. The standard InChI is InChI=1S/C17H21N7O2S/c1-27(25,26)15-14(9-4-11-2-3-12(5-9)22-11)23-17-13(10-6-19-20-7-10)8-21-24(17)16(15)18/h6-9,11-12,22H,2-5,18H2,1H3,(H,19,20). The van der Waals surface area contributed by atoms with Crippen molar-refractivity contribution >= 4 is 21.3 Å². The van der Waals surface area contributed by atoms with Crippen LogP contribution in [0.2, 0.25) is 0 Å². The predicted octanol–water partition coefficient (Wildman–Crippen LogP) is 1.10. The molecule has 0 radical (unpaired) electrons. The van der Waals surface area contributed by atoms with E-state index in [0.29, 0.717) is 23.4 Å². The van der Waals surface area contributed by atoms with Gasteiger partial charge in [-0.15, -0.1) is 0 Å². The van der Waals surface area contributed by atoms with Crippen molar-refractivity contribution in [1.29, 1.82) is 0 Å². The lowest BCUT2D eigenvalue weighted by molar-refractivity contribution is 0.355. The number of aromatic amines is 1. The normalized spacial score (nSPS) is 25.3. The van der Waals surface area contributed by atoms with Crippen molar-refractivity contribution in [3.8, 4) is 11.1 Å². The summed E-state index contributed by atoms with van der Waals surface area (Å²) in [5.74, 6) is 0.186. The first kappa shape index (κ1) is 16.7. The lowest BCUT2D eigenvalue weighted by atomic mass is 9.89. The molecular weight excluding hydrogens is 366 g/mol. The van der Waals surface area contributed by atoms with Crippen LogP contribution in [0.15, 0.2) is 23.5 Å². The molecule has 3 aromatic rings. The Morgan fingerprint density at radius 1 is 1.22 bits per heavy atom. The van der Waals surface area contributed by atoms with Crippen molar-refractivity contribution in [2.24, 2.45) is 0 Å². The van der Waals surface area contributed by atoms with Gasteiger partial charge in [0.1, 0.15) is 10.7 Å². The molecule has 2 fully saturated rings. The molecule has 5 rings (SSSR count). The lowest BCUT2D eigenvalue weighted by Crippen LogP contribution is -2.38. The molecule has 10 heteroatoms. The van der Waals surface area contributed by atoms with E-state index in [-0.39, 0.29) is 16.6 Å². The Labute approximate surface area is 156 Å². The largest absolute Gasteiger partial charge is 0.382 e. The number of fused-ring (bicyclic) bond motifs is 3. The van der Waals surface area contributed by atoms with Crippen molar-refractivity contribution in [3.05, 3.63) is 24.3 Å². The fourth-order valence-electron chi connectivity index (χ4n) is 4.56. The van der Waals surface area contributed by atoms with Gasteiger partial charge in [-0.05, 0) is 25.7 Å². The number of piperidine rings is 1. The number of anilines is 1. The molecule has 0 aliphatic carbocycles. The molecule has 5 heterocycles. The van der Waals surface area contributed by atoms with E-state index < -0.39 is 9.84 Å². The maximum atomic E-state index is 12.6. The third kappa shape index (κ3) is 2.62. The highest BCUT2D eigenvalue weighted by atomic mass is 32.2. The van der Waals surface area contributed by atoms with E-state index in [2.05, 4.69) is 20.6 Å². The van der Waals surface area contributed by atoms with Crippen LogP contribution in [-0.4, -0.2) is 51.6 Å². The van der Waals surface area contributed by atoms with Gasteiger partial charge in [0.15, 0.2) is 15.5 Å². The minimum Gasteiger partial charge on any atom is -0.382 e. The van der Waals surface area contributed by atoms with Crippen LogP contribution < -0.4 is 11.1 Å². The maximum absolute atomic E-state index is 12.6. The number of nitrogens with two attached hydrogens (primary N) is 1. The molecular formula is C17H21N7O2S. The number of aromatic nitrogens is 5. The van der Waals surface area contributed by atoms with Crippen LogP contribution in [0, 0.1) is 0 Å². The van der Waals surface area contributed by atoms with Crippen LogP contribution in [0.3, 0.4) is 0 Å². The Morgan fingerprint density at radius 3 is 2.59 bits per heavy atom. The van der Waals surface area contributed by atoms with E-state index in [4.69, 9.17) is 10.7 Å². The van der Waals surface area contributed by atoms with Crippen molar-refractivity contribution in [2.45, 2.75) is 48.6 Å². The molecule has 2 aliphatic heterocycles. The van der Waals surface area contributed by atoms with Crippen LogP contribution >= 0.6 is 0 Å². The minimum atomic E-state index is -3.55. The van der Waals surface area contributed by atoms with Gasteiger partial charge in [-0.25, -0.2) is 13.4 Å². The van der Waals surface area contributed by atoms with E-state index in [0.717, 1.165) is 36.8 Å². The van der Waals surface area contributed by atoms with E-state index in [9.17, 15) is 8.42 Å². The SMILES string of the molecule is CS(=O)(=O)c1c(C2CC3CCC(C2)N3)nc2c(-c3cn[nH]c3)cnn2c1N. The highest BCUT2D eigenvalue weighted by Gasteiger charge is 2.38. The molecule has 142 valence electrons. The van der Waals surface area contributed by atoms with Crippen molar-refractivity contribution in [3.63, 3.8) is 0 Å². The smallest absolute Gasteiger partial charge is 0.180 e. The minimum absolute atomic E-state index is 0.0628. The van der Waals surface area contributed by atoms with Crippen LogP contribution in [0.5, 0.6) is 0 Å². The summed E-state index contributed by atoms with van der Waals surface area (Å²) in [6.45, 7) is 0. The number of nitrogen functional groups attached to an aromatic ring is 1. The topological polar surface area (TPSA) is 131 Å². The summed E-state index contributed by atoms with van der Waals surface area (Å²) in [5.41, 5.74) is 9.04. The Bertz CT molecular complexity index is 1110. The summed E-state index contributed by atoms with van der Waals surface area (Å²) < 4.78 is 26.6. The van der Waals surface area contributed by atoms with Crippen molar-refractivity contribution in [1.82, 2.24) is 30.1 Å². The number of sulfone groups is 1. The van der Waals surface area contributed by atoms with Gasteiger partial charge in [0.2, 0.25) is 0 Å². The van der Waals surface area contributed by atoms with Gasteiger partial charge >= 0.3 is 0 Å². The third-order valence-electron chi connectivity index (χ3n) is 5.70. The van der Waals surface area contributed by atoms with Gasteiger partial charge in [0.25, 0.3) is 0 Å². The summed E-state index contributed by atoms with van der Waals surface area (Å²) in [4.78, 5) is 4.92. The second-order valence-corrected chi connectivity index (χ2v) is 9.52. The van der Waals surface area contributed by atoms with Gasteiger partial charge in [0, 0.05) is 41.6 Å². The summed E-state index contributed by atoms with van der Waals surface area (Å²) in [7, 11) is -3.55. The zero-order valence-corrected chi connectivity index (χ0v) is 15.7. The van der Waals surface area contributed by atoms with Crippen LogP contribution in [0.1, 0.15) is 37.3 Å². The van der Waals surface area contributed by atoms with Crippen molar-refractivity contribution in [2.75, 3.05) is 12.0 Å². The lowest BCUT2D eigenvalue weighted by Gasteiger charge is -2.30.